The molecule has 5 heteroatoms. The van der Waals surface area contributed by atoms with Crippen LogP contribution < -0.4 is 5.32 Å². The zero-order chi connectivity index (χ0) is 11.0. The Bertz CT molecular complexity index is 184. The normalized spacial score (nSPS) is 14.2. The van der Waals surface area contributed by atoms with Gasteiger partial charge in [-0.05, 0) is 13.3 Å². The van der Waals surface area contributed by atoms with Gasteiger partial charge in [-0.2, -0.15) is 0 Å². The molecular formula is C9H17NO4. The van der Waals surface area contributed by atoms with E-state index in [0.717, 1.165) is 6.42 Å². The molecule has 2 atom stereocenters. The number of carbonyl (C=O) groups is 2. The number of nitrogens with one attached hydrogen (secondary N) is 1. The number of hydrogen-bond donors (Lipinski definition) is 2. The van der Waals surface area contributed by atoms with E-state index >= 15 is 0 Å². The van der Waals surface area contributed by atoms with Crippen LogP contribution in [0.1, 0.15) is 26.7 Å². The summed E-state index contributed by atoms with van der Waals surface area (Å²) >= 11 is 0. The number of hydrogen-bond acceptors (Lipinski definition) is 4. The van der Waals surface area contributed by atoms with Crippen LogP contribution in [0.25, 0.3) is 0 Å². The topological polar surface area (TPSA) is 75.6 Å². The van der Waals surface area contributed by atoms with Crippen LogP contribution in [-0.2, 0) is 14.3 Å². The maximum atomic E-state index is 11.2. The standard InChI is InChI=1S/C9H17NO4/c1-3-5-7(12)8(10-6-11)9(13)14-4-2/h6-8,12H,3-5H2,1-2H3,(H,10,11). The smallest absolute Gasteiger partial charge is 0.331 e. The third-order valence-corrected chi connectivity index (χ3v) is 1.76. The fourth-order valence-electron chi connectivity index (χ4n) is 1.10. The molecule has 0 bridgehead atoms. The first-order valence-corrected chi connectivity index (χ1v) is 4.71. The van der Waals surface area contributed by atoms with Crippen molar-refractivity contribution in [2.24, 2.45) is 0 Å². The number of carbonyl (C=O) groups excluding carboxylic acids is 2. The molecule has 0 aliphatic heterocycles. The van der Waals surface area contributed by atoms with Crippen LogP contribution in [0.4, 0.5) is 0 Å². The SMILES string of the molecule is CCCC(O)C(NC=O)C(=O)OCC. The lowest BCUT2D eigenvalue weighted by Crippen LogP contribution is -2.46. The highest BCUT2D eigenvalue weighted by atomic mass is 16.5. The summed E-state index contributed by atoms with van der Waals surface area (Å²) in [4.78, 5) is 21.4. The molecule has 0 rings (SSSR count). The van der Waals surface area contributed by atoms with Crippen molar-refractivity contribution in [2.45, 2.75) is 38.8 Å². The van der Waals surface area contributed by atoms with Gasteiger partial charge in [0.15, 0.2) is 6.04 Å². The van der Waals surface area contributed by atoms with Gasteiger partial charge in [0.25, 0.3) is 0 Å². The van der Waals surface area contributed by atoms with E-state index < -0.39 is 18.1 Å². The van der Waals surface area contributed by atoms with Crippen LogP contribution in [0, 0.1) is 0 Å². The third-order valence-electron chi connectivity index (χ3n) is 1.76. The fraction of sp³-hybridized carbons (Fsp3) is 0.778. The number of amides is 1. The van der Waals surface area contributed by atoms with Gasteiger partial charge in [-0.15, -0.1) is 0 Å². The lowest BCUT2D eigenvalue weighted by atomic mass is 10.1. The maximum Gasteiger partial charge on any atom is 0.331 e. The Labute approximate surface area is 83.4 Å². The largest absolute Gasteiger partial charge is 0.464 e. The second-order valence-electron chi connectivity index (χ2n) is 2.87. The summed E-state index contributed by atoms with van der Waals surface area (Å²) in [6.45, 7) is 3.78. The average molecular weight is 203 g/mol. The van der Waals surface area contributed by atoms with Gasteiger partial charge in [-0.3, -0.25) is 4.79 Å². The Morgan fingerprint density at radius 3 is 2.64 bits per heavy atom. The molecule has 0 saturated carbocycles. The number of ether oxygens (including phenoxy) is 1. The molecule has 0 heterocycles. The maximum absolute atomic E-state index is 11.2. The first kappa shape index (κ1) is 12.9. The number of aliphatic hydroxyl groups is 1. The summed E-state index contributed by atoms with van der Waals surface area (Å²) in [6.07, 6.45) is 0.687. The Morgan fingerprint density at radius 1 is 1.57 bits per heavy atom. The Kier molecular flexibility index (Phi) is 6.74. The van der Waals surface area contributed by atoms with Gasteiger partial charge >= 0.3 is 5.97 Å². The summed E-state index contributed by atoms with van der Waals surface area (Å²) in [7, 11) is 0. The first-order chi connectivity index (χ1) is 6.67. The van der Waals surface area contributed by atoms with Crippen molar-refractivity contribution in [3.8, 4) is 0 Å². The lowest BCUT2D eigenvalue weighted by molar-refractivity contribution is -0.149. The predicted molar refractivity (Wildman–Crippen MR) is 50.5 cm³/mol. The minimum Gasteiger partial charge on any atom is -0.464 e. The van der Waals surface area contributed by atoms with Crippen molar-refractivity contribution in [1.29, 1.82) is 0 Å². The fourth-order valence-corrected chi connectivity index (χ4v) is 1.10. The molecule has 14 heavy (non-hydrogen) atoms. The van der Waals surface area contributed by atoms with Gasteiger partial charge in [-0.25, -0.2) is 4.79 Å². The molecule has 1 amide bonds. The van der Waals surface area contributed by atoms with Crippen LogP contribution in [0.2, 0.25) is 0 Å². The summed E-state index contributed by atoms with van der Waals surface area (Å²) in [5.74, 6) is -0.597. The number of esters is 1. The van der Waals surface area contributed by atoms with E-state index in [4.69, 9.17) is 4.74 Å². The molecule has 0 aromatic carbocycles. The molecule has 5 nitrogen and oxygen atoms in total. The second-order valence-corrected chi connectivity index (χ2v) is 2.87. The van der Waals surface area contributed by atoms with Crippen molar-refractivity contribution in [3.63, 3.8) is 0 Å². The van der Waals surface area contributed by atoms with E-state index in [1.165, 1.54) is 0 Å². The van der Waals surface area contributed by atoms with Crippen molar-refractivity contribution >= 4 is 12.4 Å². The number of aliphatic hydroxyl groups excluding tert-OH is 1. The highest BCUT2D eigenvalue weighted by Gasteiger charge is 2.26. The van der Waals surface area contributed by atoms with Gasteiger partial charge in [0.05, 0.1) is 12.7 Å². The van der Waals surface area contributed by atoms with Crippen LogP contribution in [0.15, 0.2) is 0 Å². The highest BCUT2D eigenvalue weighted by molar-refractivity contribution is 5.78. The van der Waals surface area contributed by atoms with E-state index in [1.807, 2.05) is 6.92 Å². The molecule has 0 saturated heterocycles. The molecule has 0 spiro atoms. The predicted octanol–water partition coefficient (Wildman–Crippen LogP) is -0.175. The van der Waals surface area contributed by atoms with E-state index in [1.54, 1.807) is 6.92 Å². The Morgan fingerprint density at radius 2 is 2.21 bits per heavy atom. The first-order valence-electron chi connectivity index (χ1n) is 4.71. The summed E-state index contributed by atoms with van der Waals surface area (Å²) in [5.41, 5.74) is 0. The highest BCUT2D eigenvalue weighted by Crippen LogP contribution is 2.03. The molecule has 0 radical (unpaired) electrons. The third kappa shape index (κ3) is 4.23. The van der Waals surface area contributed by atoms with E-state index in [2.05, 4.69) is 5.32 Å². The minimum absolute atomic E-state index is 0.231. The molecule has 2 unspecified atom stereocenters. The molecule has 0 aliphatic carbocycles. The summed E-state index contributed by atoms with van der Waals surface area (Å²) in [5, 5.41) is 11.8. The molecule has 2 N–H and O–H groups in total. The molecule has 0 aliphatic rings. The minimum atomic E-state index is -0.951. The van der Waals surface area contributed by atoms with Crippen LogP contribution in [-0.4, -0.2) is 36.2 Å². The number of rotatable bonds is 7. The molecule has 0 aromatic rings. The van der Waals surface area contributed by atoms with E-state index in [-0.39, 0.29) is 6.61 Å². The lowest BCUT2D eigenvalue weighted by Gasteiger charge is -2.19. The quantitative estimate of drug-likeness (QED) is 0.445. The van der Waals surface area contributed by atoms with Crippen molar-refractivity contribution < 1.29 is 19.4 Å². The van der Waals surface area contributed by atoms with E-state index in [0.29, 0.717) is 12.8 Å². The van der Waals surface area contributed by atoms with Crippen molar-refractivity contribution in [1.82, 2.24) is 5.32 Å². The zero-order valence-electron chi connectivity index (χ0n) is 8.53. The monoisotopic (exact) mass is 203 g/mol. The van der Waals surface area contributed by atoms with Gasteiger partial charge < -0.3 is 15.2 Å². The van der Waals surface area contributed by atoms with Gasteiger partial charge in [0.2, 0.25) is 6.41 Å². The Balaban J connectivity index is 4.24. The van der Waals surface area contributed by atoms with Crippen LogP contribution >= 0.6 is 0 Å². The van der Waals surface area contributed by atoms with E-state index in [9.17, 15) is 14.7 Å². The van der Waals surface area contributed by atoms with Gasteiger partial charge in [-0.1, -0.05) is 13.3 Å². The van der Waals surface area contributed by atoms with Gasteiger partial charge in [0.1, 0.15) is 0 Å². The van der Waals surface area contributed by atoms with Crippen molar-refractivity contribution in [2.75, 3.05) is 6.61 Å². The average Bonchev–Trinajstić information content (AvgIpc) is 2.14. The van der Waals surface area contributed by atoms with Crippen LogP contribution in [0.3, 0.4) is 0 Å². The Hall–Kier alpha value is -1.10. The molecule has 0 fully saturated rings. The van der Waals surface area contributed by atoms with Crippen LogP contribution in [0.5, 0.6) is 0 Å². The van der Waals surface area contributed by atoms with Gasteiger partial charge in [0, 0.05) is 0 Å². The van der Waals surface area contributed by atoms with Crippen molar-refractivity contribution in [3.05, 3.63) is 0 Å². The summed E-state index contributed by atoms with van der Waals surface area (Å²) in [6, 6.07) is -0.951. The molecule has 0 aromatic heterocycles. The summed E-state index contributed by atoms with van der Waals surface area (Å²) < 4.78 is 4.70. The second kappa shape index (κ2) is 7.32. The molecule has 82 valence electrons. The molecular weight excluding hydrogens is 186 g/mol. The zero-order valence-corrected chi connectivity index (χ0v) is 8.53.